The molecule has 0 bridgehead atoms. The zero-order valence-electron chi connectivity index (χ0n) is 22.4. The molecule has 2 aromatic rings. The normalized spacial score (nSPS) is 11.3. The topological polar surface area (TPSA) is 69.6 Å². The number of amides is 2. The monoisotopic (exact) mass is 504 g/mol. The van der Waals surface area contributed by atoms with Gasteiger partial charge in [-0.15, -0.1) is 0 Å². The van der Waals surface area contributed by atoms with Crippen LogP contribution >= 0.6 is 0 Å². The number of rotatable bonds is 12. The third kappa shape index (κ3) is 11.8. The first-order valence-electron chi connectivity index (χ1n) is 12.9. The lowest BCUT2D eigenvalue weighted by Gasteiger charge is -2.22. The highest BCUT2D eigenvalue weighted by Gasteiger charge is 2.17. The van der Waals surface area contributed by atoms with E-state index in [4.69, 9.17) is 0 Å². The minimum absolute atomic E-state index is 0.0314. The van der Waals surface area contributed by atoms with Crippen LogP contribution in [0.4, 0.5) is 8.78 Å². The first-order valence-corrected chi connectivity index (χ1v) is 12.9. The molecule has 36 heavy (non-hydrogen) atoms. The fraction of sp³-hybridized carbons (Fsp3) is 0.517. The Hall–Kier alpha value is -2.80. The van der Waals surface area contributed by atoms with Crippen LogP contribution in [-0.2, 0) is 0 Å². The van der Waals surface area contributed by atoms with Crippen molar-refractivity contribution in [2.24, 2.45) is 0 Å². The quantitative estimate of drug-likeness (QED) is 0.338. The molecule has 2 rings (SSSR count). The number of nitrogens with one attached hydrogen (secondary N) is 1. The van der Waals surface area contributed by atoms with Crippen molar-refractivity contribution in [2.75, 3.05) is 19.6 Å². The average Bonchev–Trinajstić information content (AvgIpc) is 2.81. The van der Waals surface area contributed by atoms with E-state index < -0.39 is 17.7 Å². The Morgan fingerprint density at radius 2 is 1.39 bits per heavy atom. The van der Waals surface area contributed by atoms with Crippen LogP contribution in [0.25, 0.3) is 0 Å². The van der Waals surface area contributed by atoms with Crippen molar-refractivity contribution >= 4 is 11.8 Å². The molecule has 0 aromatic heterocycles. The minimum atomic E-state index is -0.531. The van der Waals surface area contributed by atoms with Crippen LogP contribution in [0.5, 0.6) is 0 Å². The van der Waals surface area contributed by atoms with Crippen LogP contribution in [0.2, 0.25) is 0 Å². The van der Waals surface area contributed by atoms with E-state index in [1.807, 2.05) is 17.9 Å². The predicted molar refractivity (Wildman–Crippen MR) is 141 cm³/mol. The first kappa shape index (κ1) is 31.2. The maximum Gasteiger partial charge on any atom is 0.253 e. The number of carbonyl (C=O) groups is 2. The zero-order valence-corrected chi connectivity index (χ0v) is 22.4. The van der Waals surface area contributed by atoms with Gasteiger partial charge in [-0.2, -0.15) is 0 Å². The zero-order chi connectivity index (χ0) is 27.1. The van der Waals surface area contributed by atoms with E-state index in [0.717, 1.165) is 43.7 Å². The number of aliphatic hydroxyl groups is 1. The second kappa shape index (κ2) is 16.8. The molecule has 2 N–H and O–H groups in total. The number of carbonyl (C=O) groups excluding carboxylic acids is 2. The first-order chi connectivity index (χ1) is 17.1. The summed E-state index contributed by atoms with van der Waals surface area (Å²) in [5.74, 6) is -1.32. The van der Waals surface area contributed by atoms with Crippen LogP contribution in [0.15, 0.2) is 36.4 Å². The maximum absolute atomic E-state index is 12.8. The van der Waals surface area contributed by atoms with Gasteiger partial charge in [0.05, 0.1) is 6.10 Å². The van der Waals surface area contributed by atoms with E-state index in [-0.39, 0.29) is 18.4 Å². The van der Waals surface area contributed by atoms with Crippen molar-refractivity contribution in [3.05, 3.63) is 70.3 Å². The van der Waals surface area contributed by atoms with E-state index in [9.17, 15) is 23.5 Å². The Morgan fingerprint density at radius 1 is 0.833 bits per heavy atom. The number of aliphatic hydroxyl groups excluding tert-OH is 1. The molecule has 0 aliphatic carbocycles. The standard InChI is InChI=1S/C22H36N2O3.C7H6F2/c1-5-8-9-10-20(25)16-23-21(26)18-13-17(4)14-19(15-18)22(27)24(11-6-2)12-7-3;1-5-2-6(8)4-7(9)3-5/h13-15,20,25H,5-12,16H2,1-4H3,(H,23,26);2-4H,1H3. The van der Waals surface area contributed by atoms with Gasteiger partial charge in [0, 0.05) is 36.8 Å². The van der Waals surface area contributed by atoms with Gasteiger partial charge in [-0.25, -0.2) is 8.78 Å². The number of hydrogen-bond acceptors (Lipinski definition) is 3. The Labute approximate surface area is 214 Å². The van der Waals surface area contributed by atoms with Crippen molar-refractivity contribution in [1.29, 1.82) is 0 Å². The molecule has 0 heterocycles. The van der Waals surface area contributed by atoms with E-state index in [0.29, 0.717) is 36.2 Å². The highest BCUT2D eigenvalue weighted by atomic mass is 19.1. The Morgan fingerprint density at radius 3 is 1.92 bits per heavy atom. The Bertz CT molecular complexity index is 909. The summed E-state index contributed by atoms with van der Waals surface area (Å²) < 4.78 is 24.4. The van der Waals surface area contributed by atoms with Gasteiger partial charge in [-0.3, -0.25) is 9.59 Å². The molecule has 0 aliphatic heterocycles. The van der Waals surface area contributed by atoms with E-state index in [2.05, 4.69) is 26.1 Å². The van der Waals surface area contributed by atoms with Gasteiger partial charge >= 0.3 is 0 Å². The predicted octanol–water partition coefficient (Wildman–Crippen LogP) is 6.20. The molecule has 1 unspecified atom stereocenters. The van der Waals surface area contributed by atoms with Gasteiger partial charge in [0.1, 0.15) is 11.6 Å². The maximum atomic E-state index is 12.8. The van der Waals surface area contributed by atoms with Gasteiger partial charge < -0.3 is 15.3 Å². The molecule has 7 heteroatoms. The molecule has 0 fully saturated rings. The molecule has 0 aliphatic rings. The summed E-state index contributed by atoms with van der Waals surface area (Å²) in [5.41, 5.74) is 2.49. The van der Waals surface area contributed by atoms with Gasteiger partial charge in [0.15, 0.2) is 0 Å². The summed E-state index contributed by atoms with van der Waals surface area (Å²) in [6.07, 6.45) is 5.11. The lowest BCUT2D eigenvalue weighted by molar-refractivity contribution is 0.0755. The summed E-state index contributed by atoms with van der Waals surface area (Å²) in [4.78, 5) is 27.1. The van der Waals surface area contributed by atoms with Gasteiger partial charge in [0.2, 0.25) is 0 Å². The largest absolute Gasteiger partial charge is 0.391 e. The van der Waals surface area contributed by atoms with Crippen LogP contribution < -0.4 is 5.32 Å². The molecule has 0 spiro atoms. The molecule has 200 valence electrons. The summed E-state index contributed by atoms with van der Waals surface area (Å²) >= 11 is 0. The van der Waals surface area contributed by atoms with Gasteiger partial charge in [-0.05, 0) is 74.6 Å². The fourth-order valence-corrected chi connectivity index (χ4v) is 3.81. The smallest absolute Gasteiger partial charge is 0.253 e. The second-order valence-electron chi connectivity index (χ2n) is 9.19. The number of hydrogen-bond donors (Lipinski definition) is 2. The summed E-state index contributed by atoms with van der Waals surface area (Å²) in [7, 11) is 0. The SMILES string of the molecule is CCCCCC(O)CNC(=O)c1cc(C)cc(C(=O)N(CCC)CCC)c1.Cc1cc(F)cc(F)c1. The minimum Gasteiger partial charge on any atom is -0.391 e. The lowest BCUT2D eigenvalue weighted by Crippen LogP contribution is -2.34. The highest BCUT2D eigenvalue weighted by molar-refractivity contribution is 6.00. The fourth-order valence-electron chi connectivity index (χ4n) is 3.81. The second-order valence-corrected chi connectivity index (χ2v) is 9.19. The molecule has 0 saturated carbocycles. The average molecular weight is 505 g/mol. The van der Waals surface area contributed by atoms with Crippen molar-refractivity contribution in [3.63, 3.8) is 0 Å². The number of benzene rings is 2. The van der Waals surface area contributed by atoms with Crippen LogP contribution in [-0.4, -0.2) is 47.6 Å². The van der Waals surface area contributed by atoms with Crippen LogP contribution in [0, 0.1) is 25.5 Å². The van der Waals surface area contributed by atoms with Crippen molar-refractivity contribution in [1.82, 2.24) is 10.2 Å². The summed E-state index contributed by atoms with van der Waals surface area (Å²) in [6.45, 7) is 11.4. The van der Waals surface area contributed by atoms with Crippen molar-refractivity contribution in [2.45, 2.75) is 79.2 Å². The van der Waals surface area contributed by atoms with Crippen LogP contribution in [0.3, 0.4) is 0 Å². The number of aryl methyl sites for hydroxylation is 2. The Balaban J connectivity index is 0.000000600. The molecular formula is C29H42F2N2O3. The van der Waals surface area contributed by atoms with E-state index in [1.165, 1.54) is 12.1 Å². The molecule has 0 radical (unpaired) electrons. The molecule has 5 nitrogen and oxygen atoms in total. The number of nitrogens with zero attached hydrogens (tertiary/aromatic N) is 1. The van der Waals surface area contributed by atoms with Crippen LogP contribution in [0.1, 0.15) is 91.1 Å². The van der Waals surface area contributed by atoms with Gasteiger partial charge in [0.25, 0.3) is 11.8 Å². The third-order valence-corrected chi connectivity index (χ3v) is 5.51. The molecular weight excluding hydrogens is 462 g/mol. The van der Waals surface area contributed by atoms with Crippen molar-refractivity contribution < 1.29 is 23.5 Å². The van der Waals surface area contributed by atoms with E-state index in [1.54, 1.807) is 19.1 Å². The molecule has 2 aromatic carbocycles. The highest BCUT2D eigenvalue weighted by Crippen LogP contribution is 2.14. The summed E-state index contributed by atoms with van der Waals surface area (Å²) in [6, 6.07) is 8.68. The molecule has 1 atom stereocenters. The number of unbranched alkanes of at least 4 members (excludes halogenated alkanes) is 2. The molecule has 0 saturated heterocycles. The lowest BCUT2D eigenvalue weighted by atomic mass is 10.0. The molecule has 2 amide bonds. The third-order valence-electron chi connectivity index (χ3n) is 5.51. The van der Waals surface area contributed by atoms with Gasteiger partial charge in [-0.1, -0.05) is 40.0 Å². The number of halogens is 2. The summed E-state index contributed by atoms with van der Waals surface area (Å²) in [5, 5.41) is 12.8. The van der Waals surface area contributed by atoms with E-state index >= 15 is 0 Å². The Kier molecular flexibility index (Phi) is 14.6. The van der Waals surface area contributed by atoms with Crippen molar-refractivity contribution in [3.8, 4) is 0 Å².